The molecule has 9 heteroatoms. The third-order valence-corrected chi connectivity index (χ3v) is 7.66. The predicted molar refractivity (Wildman–Crippen MR) is 134 cm³/mol. The first-order chi connectivity index (χ1) is 17.0. The number of carbonyl (C=O) groups is 1. The van der Waals surface area contributed by atoms with E-state index in [9.17, 15) is 9.90 Å². The molecule has 0 amide bonds. The lowest BCUT2D eigenvalue weighted by atomic mass is 9.79. The van der Waals surface area contributed by atoms with Crippen molar-refractivity contribution in [3.05, 3.63) is 54.6 Å². The van der Waals surface area contributed by atoms with Crippen molar-refractivity contribution in [3.8, 4) is 5.75 Å². The molecule has 7 nitrogen and oxygen atoms in total. The molecule has 35 heavy (non-hydrogen) atoms. The Bertz CT molecular complexity index is 1120. The number of hydrogen-bond donors (Lipinski definition) is 1. The van der Waals surface area contributed by atoms with Crippen molar-refractivity contribution in [3.63, 3.8) is 0 Å². The van der Waals surface area contributed by atoms with Crippen LogP contribution in [0.25, 0.3) is 10.9 Å². The number of alkyl halides is 1. The summed E-state index contributed by atoms with van der Waals surface area (Å²) in [4.78, 5) is 26.4. The van der Waals surface area contributed by atoms with Gasteiger partial charge in [-0.3, -0.25) is 9.78 Å². The van der Waals surface area contributed by atoms with E-state index < -0.39 is 12.1 Å². The lowest BCUT2D eigenvalue weighted by molar-refractivity contribution is -0.139. The number of aromatic nitrogens is 3. The number of pyridine rings is 1. The number of likely N-dealkylation sites (tertiary alicyclic amines) is 1. The fourth-order valence-electron chi connectivity index (χ4n) is 4.90. The third-order valence-electron chi connectivity index (χ3n) is 6.74. The van der Waals surface area contributed by atoms with Gasteiger partial charge in [-0.25, -0.2) is 14.4 Å². The minimum atomic E-state index is -1.14. The average Bonchev–Trinajstić information content (AvgIpc) is 2.87. The molecule has 1 fully saturated rings. The van der Waals surface area contributed by atoms with Gasteiger partial charge in [0.15, 0.2) is 0 Å². The molecular formula is C26H31FN4O3S. The second-order valence-corrected chi connectivity index (χ2v) is 10.0. The normalized spacial score (nSPS) is 19.5. The Kier molecular flexibility index (Phi) is 8.87. The predicted octanol–water partition coefficient (Wildman–Crippen LogP) is 5.03. The molecule has 1 aliphatic rings. The molecule has 186 valence electrons. The Morgan fingerprint density at radius 3 is 2.91 bits per heavy atom. The highest BCUT2D eigenvalue weighted by molar-refractivity contribution is 7.99. The number of piperidine rings is 1. The maximum atomic E-state index is 15.4. The Hall–Kier alpha value is -2.78. The van der Waals surface area contributed by atoms with Gasteiger partial charge in [0.2, 0.25) is 0 Å². The molecule has 1 aromatic carbocycles. The summed E-state index contributed by atoms with van der Waals surface area (Å²) >= 11 is 1.67. The molecule has 3 atom stereocenters. The van der Waals surface area contributed by atoms with Crippen molar-refractivity contribution >= 4 is 28.6 Å². The first kappa shape index (κ1) is 25.3. The van der Waals surface area contributed by atoms with Crippen LogP contribution in [0.3, 0.4) is 0 Å². The van der Waals surface area contributed by atoms with Gasteiger partial charge in [-0.15, -0.1) is 11.8 Å². The van der Waals surface area contributed by atoms with Crippen molar-refractivity contribution in [1.29, 1.82) is 0 Å². The molecule has 1 saturated heterocycles. The molecule has 1 N–H and O–H groups in total. The van der Waals surface area contributed by atoms with E-state index in [0.717, 1.165) is 47.7 Å². The molecule has 4 rings (SSSR count). The summed E-state index contributed by atoms with van der Waals surface area (Å²) in [5, 5.41) is 11.2. The summed E-state index contributed by atoms with van der Waals surface area (Å²) in [7, 11) is 1.59. The molecule has 1 aliphatic heterocycles. The van der Waals surface area contributed by atoms with Crippen LogP contribution in [0, 0.1) is 11.8 Å². The van der Waals surface area contributed by atoms with E-state index in [1.54, 1.807) is 43.7 Å². The maximum absolute atomic E-state index is 15.4. The average molecular weight is 499 g/mol. The second-order valence-electron chi connectivity index (χ2n) is 8.93. The number of carboxylic acid groups (broad SMARTS) is 1. The van der Waals surface area contributed by atoms with E-state index in [1.807, 2.05) is 24.3 Å². The van der Waals surface area contributed by atoms with Gasteiger partial charge in [-0.1, -0.05) is 0 Å². The minimum absolute atomic E-state index is 0.0202. The van der Waals surface area contributed by atoms with E-state index in [0.29, 0.717) is 24.2 Å². The van der Waals surface area contributed by atoms with Gasteiger partial charge in [0.1, 0.15) is 18.2 Å². The van der Waals surface area contributed by atoms with Crippen LogP contribution in [-0.2, 0) is 4.79 Å². The first-order valence-electron chi connectivity index (χ1n) is 11.9. The highest BCUT2D eigenvalue weighted by atomic mass is 32.2. The Labute approximate surface area is 209 Å². The molecule has 0 bridgehead atoms. The number of thioether (sulfide) groups is 1. The summed E-state index contributed by atoms with van der Waals surface area (Å²) in [6.07, 6.45) is 5.80. The van der Waals surface area contributed by atoms with Crippen LogP contribution in [0.5, 0.6) is 5.75 Å². The van der Waals surface area contributed by atoms with E-state index in [1.165, 1.54) is 0 Å². The zero-order valence-electron chi connectivity index (χ0n) is 19.8. The van der Waals surface area contributed by atoms with Crippen molar-refractivity contribution in [2.45, 2.75) is 36.9 Å². The molecule has 3 heterocycles. The number of fused-ring (bicyclic) bond motifs is 1. The minimum Gasteiger partial charge on any atom is -0.497 e. The van der Waals surface area contributed by atoms with E-state index in [2.05, 4.69) is 19.9 Å². The SMILES string of the molecule is COc1ccc2nccc([C@H](F)CC[C@@H]3CCN(CCSc4ccncn4)C[C@@H]3CC(=O)O)c2c1. The number of methoxy groups -OCH3 is 1. The van der Waals surface area contributed by atoms with Crippen LogP contribution in [0.15, 0.2) is 54.1 Å². The molecule has 0 spiro atoms. The summed E-state index contributed by atoms with van der Waals surface area (Å²) in [5.41, 5.74) is 1.35. The second kappa shape index (κ2) is 12.3. The summed E-state index contributed by atoms with van der Waals surface area (Å²) < 4.78 is 20.7. The van der Waals surface area contributed by atoms with Crippen LogP contribution in [0.4, 0.5) is 4.39 Å². The fourth-order valence-corrected chi connectivity index (χ4v) is 5.74. The molecule has 0 unspecified atom stereocenters. The van der Waals surface area contributed by atoms with E-state index >= 15 is 4.39 Å². The number of hydrogen-bond acceptors (Lipinski definition) is 7. The number of aliphatic carboxylic acids is 1. The molecule has 0 aliphatic carbocycles. The number of ether oxygens (including phenoxy) is 1. The number of rotatable bonds is 11. The molecule has 3 aromatic rings. The summed E-state index contributed by atoms with van der Waals surface area (Å²) in [6.45, 7) is 2.50. The maximum Gasteiger partial charge on any atom is 0.303 e. The standard InChI is InChI=1S/C26H31FN4O3S/c1-34-20-3-5-24-22(15-20)21(6-10-29-24)23(27)4-2-18-8-11-31(16-19(18)14-26(32)33)12-13-35-25-7-9-28-17-30-25/h3,5-7,9-10,15,17-19,23H,2,4,8,11-14,16H2,1H3,(H,32,33)/t18-,19+,23-/m1/s1. The summed E-state index contributed by atoms with van der Waals surface area (Å²) in [6, 6.07) is 9.11. The summed E-state index contributed by atoms with van der Waals surface area (Å²) in [5.74, 6) is 0.976. The number of nitrogens with zero attached hydrogens (tertiary/aromatic N) is 4. The molecule has 0 saturated carbocycles. The fraction of sp³-hybridized carbons (Fsp3) is 0.462. The Morgan fingerprint density at radius 1 is 1.26 bits per heavy atom. The molecular weight excluding hydrogens is 467 g/mol. The number of benzene rings is 1. The van der Waals surface area contributed by atoms with Gasteiger partial charge in [0.25, 0.3) is 0 Å². The van der Waals surface area contributed by atoms with Crippen LogP contribution >= 0.6 is 11.8 Å². The highest BCUT2D eigenvalue weighted by Crippen LogP contribution is 2.36. The highest BCUT2D eigenvalue weighted by Gasteiger charge is 2.31. The van der Waals surface area contributed by atoms with Crippen LogP contribution in [0.1, 0.15) is 37.4 Å². The first-order valence-corrected chi connectivity index (χ1v) is 12.9. The lowest BCUT2D eigenvalue weighted by Crippen LogP contribution is -2.42. The van der Waals surface area contributed by atoms with E-state index in [4.69, 9.17) is 4.74 Å². The zero-order chi connectivity index (χ0) is 24.6. The van der Waals surface area contributed by atoms with Crippen LogP contribution in [0.2, 0.25) is 0 Å². The van der Waals surface area contributed by atoms with Crippen molar-refractivity contribution in [2.75, 3.05) is 32.5 Å². The van der Waals surface area contributed by atoms with E-state index in [-0.39, 0.29) is 18.3 Å². The Morgan fingerprint density at radius 2 is 2.14 bits per heavy atom. The van der Waals surface area contributed by atoms with Gasteiger partial charge in [0.05, 0.1) is 17.7 Å². The quantitative estimate of drug-likeness (QED) is 0.291. The topological polar surface area (TPSA) is 88.4 Å². The van der Waals surface area contributed by atoms with Crippen molar-refractivity contribution < 1.29 is 19.0 Å². The van der Waals surface area contributed by atoms with Gasteiger partial charge < -0.3 is 14.7 Å². The lowest BCUT2D eigenvalue weighted by Gasteiger charge is -2.38. The Balaban J connectivity index is 1.35. The molecule has 2 aromatic heterocycles. The molecule has 0 radical (unpaired) electrons. The van der Waals surface area contributed by atoms with Gasteiger partial charge >= 0.3 is 5.97 Å². The van der Waals surface area contributed by atoms with Gasteiger partial charge in [-0.05, 0) is 73.5 Å². The zero-order valence-corrected chi connectivity index (χ0v) is 20.7. The monoisotopic (exact) mass is 498 g/mol. The largest absolute Gasteiger partial charge is 0.497 e. The van der Waals surface area contributed by atoms with Gasteiger partial charge in [0, 0.05) is 43.0 Å². The van der Waals surface area contributed by atoms with Crippen LogP contribution in [-0.4, -0.2) is 63.4 Å². The van der Waals surface area contributed by atoms with Gasteiger partial charge in [-0.2, -0.15) is 0 Å². The third kappa shape index (κ3) is 6.89. The van der Waals surface area contributed by atoms with Crippen molar-refractivity contribution in [1.82, 2.24) is 19.9 Å². The smallest absolute Gasteiger partial charge is 0.303 e. The number of halogens is 1. The van der Waals surface area contributed by atoms with Crippen LogP contribution < -0.4 is 4.74 Å². The van der Waals surface area contributed by atoms with Crippen molar-refractivity contribution in [2.24, 2.45) is 11.8 Å². The number of carboxylic acids is 1.